The summed E-state index contributed by atoms with van der Waals surface area (Å²) in [6.45, 7) is 2.92. The molecule has 1 saturated heterocycles. The lowest BCUT2D eigenvalue weighted by Crippen LogP contribution is -2.43. The molecular formula is C13H15N3O4. The molecule has 106 valence electrons. The van der Waals surface area contributed by atoms with E-state index in [2.05, 4.69) is 10.4 Å². The zero-order valence-electron chi connectivity index (χ0n) is 10.8. The summed E-state index contributed by atoms with van der Waals surface area (Å²) in [5.41, 5.74) is 4.03. The van der Waals surface area contributed by atoms with Crippen molar-refractivity contribution in [1.29, 1.82) is 0 Å². The number of ether oxygens (including phenoxy) is 1. The highest BCUT2D eigenvalue weighted by molar-refractivity contribution is 5.72. The third-order valence-corrected chi connectivity index (χ3v) is 3.40. The minimum Gasteiger partial charge on any atom is -0.379 e. The van der Waals surface area contributed by atoms with E-state index in [4.69, 9.17) is 9.57 Å². The molecule has 7 nitrogen and oxygen atoms in total. The summed E-state index contributed by atoms with van der Waals surface area (Å²) in [5, 5.41) is 11.0. The zero-order valence-corrected chi connectivity index (χ0v) is 10.8. The van der Waals surface area contributed by atoms with Gasteiger partial charge in [0.15, 0.2) is 6.23 Å². The molecular weight excluding hydrogens is 262 g/mol. The van der Waals surface area contributed by atoms with Crippen LogP contribution < -0.4 is 5.48 Å². The summed E-state index contributed by atoms with van der Waals surface area (Å²) in [6.07, 6.45) is 1.65. The van der Waals surface area contributed by atoms with Gasteiger partial charge in [0.1, 0.15) is 0 Å². The number of hydrogen-bond acceptors (Lipinski definition) is 6. The summed E-state index contributed by atoms with van der Waals surface area (Å²) in [7, 11) is 0. The van der Waals surface area contributed by atoms with Crippen LogP contribution in [0.2, 0.25) is 0 Å². The number of morpholine rings is 1. The van der Waals surface area contributed by atoms with Crippen LogP contribution in [0.5, 0.6) is 0 Å². The van der Waals surface area contributed by atoms with Crippen LogP contribution in [-0.2, 0) is 9.57 Å². The fraction of sp³-hybridized carbons (Fsp3) is 0.385. The van der Waals surface area contributed by atoms with Crippen LogP contribution >= 0.6 is 0 Å². The third kappa shape index (κ3) is 2.51. The normalized spacial score (nSPS) is 23.2. The van der Waals surface area contributed by atoms with Crippen molar-refractivity contribution in [3.8, 4) is 0 Å². The van der Waals surface area contributed by atoms with E-state index in [0.29, 0.717) is 24.5 Å². The SMILES string of the molecule is O=[N+]([O-])c1ccccc1C1=CC(N2CCOCC2)ON1. The number of rotatable bonds is 3. The summed E-state index contributed by atoms with van der Waals surface area (Å²) in [5.74, 6) is 0. The molecule has 0 aliphatic carbocycles. The van der Waals surface area contributed by atoms with Crippen molar-refractivity contribution in [2.75, 3.05) is 26.3 Å². The van der Waals surface area contributed by atoms with Gasteiger partial charge in [0.2, 0.25) is 0 Å². The minimum absolute atomic E-state index is 0.0671. The Labute approximate surface area is 115 Å². The molecule has 1 unspecified atom stereocenters. The van der Waals surface area contributed by atoms with Gasteiger partial charge < -0.3 is 4.74 Å². The highest BCUT2D eigenvalue weighted by Gasteiger charge is 2.28. The Bertz CT molecular complexity index is 540. The van der Waals surface area contributed by atoms with Gasteiger partial charge in [0.25, 0.3) is 5.69 Å². The number of nitrogens with one attached hydrogen (secondary N) is 1. The summed E-state index contributed by atoms with van der Waals surface area (Å²) < 4.78 is 5.29. The van der Waals surface area contributed by atoms with E-state index < -0.39 is 0 Å². The molecule has 1 aromatic rings. The lowest BCUT2D eigenvalue weighted by molar-refractivity contribution is -0.385. The van der Waals surface area contributed by atoms with E-state index in [1.165, 1.54) is 6.07 Å². The number of nitrogens with zero attached hydrogens (tertiary/aromatic N) is 2. The first-order valence-electron chi connectivity index (χ1n) is 6.45. The monoisotopic (exact) mass is 277 g/mol. The number of nitro benzene ring substituents is 1. The molecule has 0 saturated carbocycles. The minimum atomic E-state index is -0.389. The van der Waals surface area contributed by atoms with E-state index in [0.717, 1.165) is 13.1 Å². The van der Waals surface area contributed by atoms with Gasteiger partial charge in [-0.25, -0.2) is 0 Å². The molecule has 0 amide bonds. The maximum atomic E-state index is 11.0. The molecule has 7 heteroatoms. The zero-order chi connectivity index (χ0) is 13.9. The number of benzene rings is 1. The molecule has 2 aliphatic heterocycles. The predicted molar refractivity (Wildman–Crippen MR) is 71.5 cm³/mol. The van der Waals surface area contributed by atoms with Gasteiger partial charge in [-0.15, -0.1) is 0 Å². The second-order valence-corrected chi connectivity index (χ2v) is 4.61. The number of nitro groups is 1. The molecule has 1 atom stereocenters. The second kappa shape index (κ2) is 5.58. The van der Waals surface area contributed by atoms with Crippen LogP contribution in [0, 0.1) is 10.1 Å². The summed E-state index contributed by atoms with van der Waals surface area (Å²) in [6, 6.07) is 6.62. The van der Waals surface area contributed by atoms with Crippen molar-refractivity contribution in [2.24, 2.45) is 0 Å². The molecule has 1 N–H and O–H groups in total. The van der Waals surface area contributed by atoms with Crippen molar-refractivity contribution < 1.29 is 14.5 Å². The molecule has 0 aromatic heterocycles. The maximum absolute atomic E-state index is 11.0. The topological polar surface area (TPSA) is 76.9 Å². The van der Waals surface area contributed by atoms with Crippen molar-refractivity contribution >= 4 is 11.4 Å². The average molecular weight is 277 g/mol. The molecule has 1 aromatic carbocycles. The number of hydrogen-bond donors (Lipinski definition) is 1. The molecule has 1 fully saturated rings. The van der Waals surface area contributed by atoms with Crippen molar-refractivity contribution in [3.05, 3.63) is 46.0 Å². The Morgan fingerprint density at radius 2 is 2.05 bits per heavy atom. The van der Waals surface area contributed by atoms with Gasteiger partial charge in [0, 0.05) is 19.2 Å². The fourth-order valence-electron chi connectivity index (χ4n) is 2.35. The Kier molecular flexibility index (Phi) is 3.64. The van der Waals surface area contributed by atoms with Gasteiger partial charge >= 0.3 is 0 Å². The van der Waals surface area contributed by atoms with Gasteiger partial charge in [-0.3, -0.25) is 25.3 Å². The van der Waals surface area contributed by atoms with Gasteiger partial charge in [-0.2, -0.15) is 0 Å². The molecule has 0 bridgehead atoms. The van der Waals surface area contributed by atoms with Crippen LogP contribution in [0.15, 0.2) is 30.3 Å². The van der Waals surface area contributed by atoms with Crippen LogP contribution in [0.1, 0.15) is 5.56 Å². The van der Waals surface area contributed by atoms with E-state index in [9.17, 15) is 10.1 Å². The van der Waals surface area contributed by atoms with E-state index >= 15 is 0 Å². The third-order valence-electron chi connectivity index (χ3n) is 3.40. The lowest BCUT2D eigenvalue weighted by Gasteiger charge is -2.29. The van der Waals surface area contributed by atoms with Crippen molar-refractivity contribution in [2.45, 2.75) is 6.23 Å². The van der Waals surface area contributed by atoms with Crippen LogP contribution in [0.4, 0.5) is 5.69 Å². The molecule has 20 heavy (non-hydrogen) atoms. The highest BCUT2D eigenvalue weighted by atomic mass is 16.7. The highest BCUT2D eigenvalue weighted by Crippen LogP contribution is 2.28. The molecule has 0 radical (unpaired) electrons. The molecule has 3 rings (SSSR count). The van der Waals surface area contributed by atoms with Crippen LogP contribution in [0.3, 0.4) is 0 Å². The number of para-hydroxylation sites is 1. The van der Waals surface area contributed by atoms with Gasteiger partial charge in [-0.05, 0) is 12.1 Å². The average Bonchev–Trinajstić information content (AvgIpc) is 2.98. The molecule has 2 heterocycles. The summed E-state index contributed by atoms with van der Waals surface area (Å²) in [4.78, 5) is 18.3. The lowest BCUT2D eigenvalue weighted by atomic mass is 10.1. The predicted octanol–water partition coefficient (Wildman–Crippen LogP) is 1.13. The van der Waals surface area contributed by atoms with Gasteiger partial charge in [-0.1, -0.05) is 12.1 Å². The largest absolute Gasteiger partial charge is 0.379 e. The molecule has 0 spiro atoms. The van der Waals surface area contributed by atoms with E-state index in [1.54, 1.807) is 18.2 Å². The van der Waals surface area contributed by atoms with E-state index in [1.807, 2.05) is 6.08 Å². The molecule has 2 aliphatic rings. The first-order chi connectivity index (χ1) is 9.75. The van der Waals surface area contributed by atoms with Crippen molar-refractivity contribution in [3.63, 3.8) is 0 Å². The Morgan fingerprint density at radius 3 is 2.80 bits per heavy atom. The van der Waals surface area contributed by atoms with Gasteiger partial charge in [0.05, 0.1) is 29.4 Å². The Balaban J connectivity index is 1.83. The maximum Gasteiger partial charge on any atom is 0.278 e. The summed E-state index contributed by atoms with van der Waals surface area (Å²) >= 11 is 0. The van der Waals surface area contributed by atoms with Crippen LogP contribution in [-0.4, -0.2) is 42.4 Å². The Hall–Kier alpha value is -1.96. The van der Waals surface area contributed by atoms with E-state index in [-0.39, 0.29) is 16.8 Å². The van der Waals surface area contributed by atoms with Crippen molar-refractivity contribution in [1.82, 2.24) is 10.4 Å². The fourth-order valence-corrected chi connectivity index (χ4v) is 2.35. The second-order valence-electron chi connectivity index (χ2n) is 4.61. The van der Waals surface area contributed by atoms with Crippen LogP contribution in [0.25, 0.3) is 5.70 Å². The first-order valence-corrected chi connectivity index (χ1v) is 6.45. The Morgan fingerprint density at radius 1 is 1.30 bits per heavy atom. The first kappa shape index (κ1) is 13.0. The number of hydroxylamine groups is 1. The smallest absolute Gasteiger partial charge is 0.278 e. The standard InChI is InChI=1S/C13H15N3O4/c17-16(18)12-4-2-1-3-10(12)11-9-13(20-14-11)15-5-7-19-8-6-15/h1-4,9,13-14H,5-8H2. The quantitative estimate of drug-likeness (QED) is 0.659.